The van der Waals surface area contributed by atoms with Crippen molar-refractivity contribution in [2.45, 2.75) is 37.0 Å². The number of thiazole rings is 1. The molecule has 2 aromatic rings. The fraction of sp³-hybridized carbons (Fsp3) is 0.467. The molecule has 7 heteroatoms. The van der Waals surface area contributed by atoms with Crippen molar-refractivity contribution in [2.75, 3.05) is 18.5 Å². The van der Waals surface area contributed by atoms with Gasteiger partial charge in [0, 0.05) is 31.6 Å². The third-order valence-corrected chi connectivity index (χ3v) is 6.63. The molecule has 22 heavy (non-hydrogen) atoms. The molecule has 0 aliphatic rings. The molecule has 0 aliphatic carbocycles. The van der Waals surface area contributed by atoms with E-state index in [1.165, 1.54) is 0 Å². The molecule has 0 radical (unpaired) electrons. The topological polar surface area (TPSA) is 63.2 Å². The molecule has 120 valence electrons. The average Bonchev–Trinajstić information content (AvgIpc) is 2.97. The van der Waals surface area contributed by atoms with E-state index in [9.17, 15) is 8.42 Å². The smallest absolute Gasteiger partial charge is 0.200 e. The highest BCUT2D eigenvalue weighted by molar-refractivity contribution is 7.92. The van der Waals surface area contributed by atoms with Gasteiger partial charge in [-0.05, 0) is 32.9 Å². The van der Waals surface area contributed by atoms with Crippen LogP contribution in [-0.2, 0) is 16.3 Å². The van der Waals surface area contributed by atoms with Gasteiger partial charge < -0.3 is 4.90 Å². The van der Waals surface area contributed by atoms with Crippen molar-refractivity contribution in [2.24, 2.45) is 0 Å². The van der Waals surface area contributed by atoms with Crippen molar-refractivity contribution < 1.29 is 8.42 Å². The standard InChI is InChI=1S/C15H21N3O2S2/c1-15(2,3)22(19,20)14-6-5-12(11-17-14)18(4)9-7-13-16-8-10-21-13/h5-6,8,10-11H,7,9H2,1-4H3. The predicted octanol–water partition coefficient (Wildman–Crippen LogP) is 2.79. The molecule has 2 rings (SSSR count). The summed E-state index contributed by atoms with van der Waals surface area (Å²) in [6.45, 7) is 5.84. The van der Waals surface area contributed by atoms with Gasteiger partial charge in [0.2, 0.25) is 0 Å². The first-order valence-corrected chi connectivity index (χ1v) is 9.38. The SMILES string of the molecule is CN(CCc1nccs1)c1ccc(S(=O)(=O)C(C)(C)C)nc1. The number of rotatable bonds is 5. The number of hydrogen-bond donors (Lipinski definition) is 0. The highest BCUT2D eigenvalue weighted by atomic mass is 32.2. The van der Waals surface area contributed by atoms with Gasteiger partial charge in [-0.2, -0.15) is 0 Å². The lowest BCUT2D eigenvalue weighted by atomic mass is 10.3. The van der Waals surface area contributed by atoms with Crippen LogP contribution in [0.1, 0.15) is 25.8 Å². The van der Waals surface area contributed by atoms with Crippen molar-refractivity contribution in [3.63, 3.8) is 0 Å². The molecule has 0 saturated carbocycles. The summed E-state index contributed by atoms with van der Waals surface area (Å²) in [5.74, 6) is 0. The predicted molar refractivity (Wildman–Crippen MR) is 90.3 cm³/mol. The van der Waals surface area contributed by atoms with Crippen LogP contribution in [0.5, 0.6) is 0 Å². The van der Waals surface area contributed by atoms with E-state index in [4.69, 9.17) is 0 Å². The van der Waals surface area contributed by atoms with Crippen LogP contribution in [0.15, 0.2) is 34.9 Å². The molecule has 2 aromatic heterocycles. The Balaban J connectivity index is 2.08. The molecule has 0 spiro atoms. The van der Waals surface area contributed by atoms with E-state index in [-0.39, 0.29) is 5.03 Å². The van der Waals surface area contributed by atoms with Crippen LogP contribution in [0.3, 0.4) is 0 Å². The van der Waals surface area contributed by atoms with E-state index < -0.39 is 14.6 Å². The number of pyridine rings is 1. The van der Waals surface area contributed by atoms with Gasteiger partial charge in [-0.3, -0.25) is 0 Å². The number of sulfone groups is 1. The van der Waals surface area contributed by atoms with E-state index in [1.807, 2.05) is 17.3 Å². The molecule has 2 heterocycles. The summed E-state index contributed by atoms with van der Waals surface area (Å²) in [7, 11) is -1.44. The highest BCUT2D eigenvalue weighted by Crippen LogP contribution is 2.24. The van der Waals surface area contributed by atoms with Crippen LogP contribution < -0.4 is 4.90 Å². The largest absolute Gasteiger partial charge is 0.373 e. The van der Waals surface area contributed by atoms with Gasteiger partial charge in [-0.25, -0.2) is 18.4 Å². The molecular formula is C15H21N3O2S2. The summed E-state index contributed by atoms with van der Waals surface area (Å²) in [6, 6.07) is 3.38. The van der Waals surface area contributed by atoms with Gasteiger partial charge in [0.05, 0.1) is 21.6 Å². The maximum atomic E-state index is 12.3. The lowest BCUT2D eigenvalue weighted by molar-refractivity contribution is 0.556. The average molecular weight is 339 g/mol. The van der Waals surface area contributed by atoms with Crippen molar-refractivity contribution in [1.29, 1.82) is 0 Å². The van der Waals surface area contributed by atoms with Gasteiger partial charge >= 0.3 is 0 Å². The number of likely N-dealkylation sites (N-methyl/N-ethyl adjacent to an activating group) is 1. The summed E-state index contributed by atoms with van der Waals surface area (Å²) in [5, 5.41) is 3.17. The van der Waals surface area contributed by atoms with Crippen molar-refractivity contribution >= 4 is 26.9 Å². The zero-order valence-corrected chi connectivity index (χ0v) is 14.9. The highest BCUT2D eigenvalue weighted by Gasteiger charge is 2.31. The second-order valence-corrected chi connectivity index (χ2v) is 9.70. The van der Waals surface area contributed by atoms with Crippen molar-refractivity contribution in [1.82, 2.24) is 9.97 Å². The van der Waals surface area contributed by atoms with Gasteiger partial charge in [0.1, 0.15) is 0 Å². The van der Waals surface area contributed by atoms with E-state index in [0.717, 1.165) is 23.7 Å². The molecule has 0 saturated heterocycles. The Labute approximate surface area is 136 Å². The minimum atomic E-state index is -3.40. The third kappa shape index (κ3) is 3.64. The number of anilines is 1. The van der Waals surface area contributed by atoms with Crippen molar-refractivity contribution in [3.05, 3.63) is 34.9 Å². The van der Waals surface area contributed by atoms with Crippen LogP contribution in [-0.4, -0.2) is 36.7 Å². The molecule has 0 aliphatic heterocycles. The first kappa shape index (κ1) is 16.9. The second kappa shape index (κ2) is 6.34. The summed E-state index contributed by atoms with van der Waals surface area (Å²) in [5.41, 5.74) is 0.893. The van der Waals surface area contributed by atoms with Crippen LogP contribution in [0, 0.1) is 0 Å². The minimum absolute atomic E-state index is 0.122. The zero-order valence-electron chi connectivity index (χ0n) is 13.3. The Bertz CT molecular complexity index is 702. The Hall–Kier alpha value is -1.47. The van der Waals surface area contributed by atoms with Gasteiger partial charge in [0.25, 0.3) is 0 Å². The third-order valence-electron chi connectivity index (χ3n) is 3.39. The zero-order chi connectivity index (χ0) is 16.4. The fourth-order valence-corrected chi connectivity index (χ4v) is 3.52. The molecule has 0 fully saturated rings. The molecule has 0 bridgehead atoms. The van der Waals surface area contributed by atoms with E-state index in [2.05, 4.69) is 9.97 Å². The van der Waals surface area contributed by atoms with E-state index in [0.29, 0.717) is 0 Å². The van der Waals surface area contributed by atoms with Gasteiger partial charge in [-0.15, -0.1) is 11.3 Å². The summed E-state index contributed by atoms with van der Waals surface area (Å²) >= 11 is 1.64. The molecule has 0 unspecified atom stereocenters. The fourth-order valence-electron chi connectivity index (χ4n) is 1.84. The summed E-state index contributed by atoms with van der Waals surface area (Å²) in [6.07, 6.45) is 4.27. The monoisotopic (exact) mass is 339 g/mol. The first-order chi connectivity index (χ1) is 10.2. The van der Waals surface area contributed by atoms with Crippen LogP contribution in [0.25, 0.3) is 0 Å². The van der Waals surface area contributed by atoms with E-state index in [1.54, 1.807) is 56.6 Å². The van der Waals surface area contributed by atoms with Crippen LogP contribution >= 0.6 is 11.3 Å². The lowest BCUT2D eigenvalue weighted by Crippen LogP contribution is -2.28. The molecular weight excluding hydrogens is 318 g/mol. The van der Waals surface area contributed by atoms with Crippen LogP contribution in [0.2, 0.25) is 0 Å². The maximum absolute atomic E-state index is 12.3. The molecule has 0 N–H and O–H groups in total. The lowest BCUT2D eigenvalue weighted by Gasteiger charge is -2.21. The molecule has 0 atom stereocenters. The summed E-state index contributed by atoms with van der Waals surface area (Å²) in [4.78, 5) is 10.4. The minimum Gasteiger partial charge on any atom is -0.373 e. The number of aromatic nitrogens is 2. The van der Waals surface area contributed by atoms with Crippen LogP contribution in [0.4, 0.5) is 5.69 Å². The summed E-state index contributed by atoms with van der Waals surface area (Å²) < 4.78 is 23.8. The maximum Gasteiger partial charge on any atom is 0.200 e. The first-order valence-electron chi connectivity index (χ1n) is 7.02. The Morgan fingerprint density at radius 3 is 2.45 bits per heavy atom. The Kier molecular flexibility index (Phi) is 4.87. The number of hydrogen-bond acceptors (Lipinski definition) is 6. The second-order valence-electron chi connectivity index (χ2n) is 6.07. The van der Waals surface area contributed by atoms with Crippen molar-refractivity contribution in [3.8, 4) is 0 Å². The number of nitrogens with zero attached hydrogens (tertiary/aromatic N) is 3. The normalized spacial score (nSPS) is 12.4. The molecule has 0 amide bonds. The molecule has 0 aromatic carbocycles. The Morgan fingerprint density at radius 2 is 1.95 bits per heavy atom. The van der Waals surface area contributed by atoms with Gasteiger partial charge in [0.15, 0.2) is 14.9 Å². The Morgan fingerprint density at radius 1 is 1.23 bits per heavy atom. The quantitative estimate of drug-likeness (QED) is 0.838. The van der Waals surface area contributed by atoms with E-state index >= 15 is 0 Å². The van der Waals surface area contributed by atoms with Gasteiger partial charge in [-0.1, -0.05) is 0 Å². The molecule has 5 nitrogen and oxygen atoms in total.